The fourth-order valence-electron chi connectivity index (χ4n) is 1.35. The number of thiophene rings is 1. The smallest absolute Gasteiger partial charge is 0.230 e. The van der Waals surface area contributed by atoms with E-state index in [0.717, 1.165) is 15.0 Å². The molecular weight excluding hydrogens is 382 g/mol. The molecule has 3 N–H and O–H groups in total. The van der Waals surface area contributed by atoms with Crippen molar-refractivity contribution in [2.45, 2.75) is 19.9 Å². The predicted octanol–water partition coefficient (Wildman–Crippen LogP) is 3.98. The molecular formula is C12H15BrClN3OS2. The van der Waals surface area contributed by atoms with Crippen molar-refractivity contribution in [1.82, 2.24) is 4.98 Å². The van der Waals surface area contributed by atoms with E-state index < -0.39 is 0 Å². The second-order valence-electron chi connectivity index (χ2n) is 4.30. The molecule has 2 unspecified atom stereocenters. The molecule has 2 heterocycles. The van der Waals surface area contributed by atoms with Crippen LogP contribution in [0, 0.1) is 5.92 Å². The van der Waals surface area contributed by atoms with Crippen LogP contribution in [0.3, 0.4) is 0 Å². The summed E-state index contributed by atoms with van der Waals surface area (Å²) in [6.07, 6.45) is 0. The Labute approximate surface area is 140 Å². The van der Waals surface area contributed by atoms with Gasteiger partial charge in [-0.05, 0) is 28.9 Å². The van der Waals surface area contributed by atoms with Crippen LogP contribution < -0.4 is 11.1 Å². The first-order chi connectivity index (χ1) is 8.97. The molecule has 0 spiro atoms. The van der Waals surface area contributed by atoms with Crippen molar-refractivity contribution in [1.29, 1.82) is 0 Å². The first-order valence-electron chi connectivity index (χ1n) is 5.73. The average molecular weight is 397 g/mol. The van der Waals surface area contributed by atoms with Crippen LogP contribution in [0.4, 0.5) is 5.13 Å². The maximum absolute atomic E-state index is 11.9. The predicted molar refractivity (Wildman–Crippen MR) is 91.8 cm³/mol. The van der Waals surface area contributed by atoms with Crippen molar-refractivity contribution >= 4 is 62.0 Å². The highest BCUT2D eigenvalue weighted by Crippen LogP contribution is 2.32. The fourth-order valence-corrected chi connectivity index (χ4v) is 3.53. The summed E-state index contributed by atoms with van der Waals surface area (Å²) in [7, 11) is 0. The zero-order valence-corrected chi connectivity index (χ0v) is 15.0. The van der Waals surface area contributed by atoms with Crippen molar-refractivity contribution in [2.24, 2.45) is 11.7 Å². The van der Waals surface area contributed by atoms with E-state index in [2.05, 4.69) is 26.2 Å². The molecule has 0 aliphatic heterocycles. The third-order valence-corrected chi connectivity index (χ3v) is 5.23. The van der Waals surface area contributed by atoms with Gasteiger partial charge in [0, 0.05) is 21.3 Å². The number of thiazole rings is 1. The van der Waals surface area contributed by atoms with Gasteiger partial charge >= 0.3 is 0 Å². The third kappa shape index (κ3) is 4.26. The lowest BCUT2D eigenvalue weighted by atomic mass is 10.0. The summed E-state index contributed by atoms with van der Waals surface area (Å²) >= 11 is 6.44. The Morgan fingerprint density at radius 2 is 2.10 bits per heavy atom. The summed E-state index contributed by atoms with van der Waals surface area (Å²) < 4.78 is 1.04. The lowest BCUT2D eigenvalue weighted by Gasteiger charge is -2.13. The van der Waals surface area contributed by atoms with Gasteiger partial charge in [0.05, 0.1) is 16.5 Å². The molecule has 0 aromatic carbocycles. The number of nitrogens with zero attached hydrogens (tertiary/aromatic N) is 1. The Hall–Kier alpha value is -0.470. The topological polar surface area (TPSA) is 68.0 Å². The molecule has 20 heavy (non-hydrogen) atoms. The maximum atomic E-state index is 11.9. The van der Waals surface area contributed by atoms with Crippen LogP contribution in [0.1, 0.15) is 13.8 Å². The molecule has 0 fully saturated rings. The van der Waals surface area contributed by atoms with Gasteiger partial charge in [0.25, 0.3) is 0 Å². The summed E-state index contributed by atoms with van der Waals surface area (Å²) in [4.78, 5) is 17.4. The average Bonchev–Trinajstić information content (AvgIpc) is 2.96. The van der Waals surface area contributed by atoms with Crippen molar-refractivity contribution in [2.75, 3.05) is 5.32 Å². The highest BCUT2D eigenvalue weighted by Gasteiger charge is 2.18. The van der Waals surface area contributed by atoms with Gasteiger partial charge in [0.2, 0.25) is 5.91 Å². The van der Waals surface area contributed by atoms with Crippen LogP contribution in [0.5, 0.6) is 0 Å². The van der Waals surface area contributed by atoms with Gasteiger partial charge in [0.1, 0.15) is 0 Å². The lowest BCUT2D eigenvalue weighted by molar-refractivity contribution is -0.119. The summed E-state index contributed by atoms with van der Waals surface area (Å²) in [6, 6.07) is 1.84. The van der Waals surface area contributed by atoms with Gasteiger partial charge < -0.3 is 11.1 Å². The van der Waals surface area contributed by atoms with Crippen molar-refractivity contribution < 1.29 is 4.79 Å². The summed E-state index contributed by atoms with van der Waals surface area (Å²) in [5.74, 6) is -0.327. The van der Waals surface area contributed by atoms with Gasteiger partial charge in [-0.3, -0.25) is 4.79 Å². The summed E-state index contributed by atoms with van der Waals surface area (Å²) in [5, 5.41) is 7.35. The van der Waals surface area contributed by atoms with E-state index in [1.165, 1.54) is 11.3 Å². The number of nitrogens with two attached hydrogens (primary N) is 1. The van der Waals surface area contributed by atoms with Crippen molar-refractivity contribution in [3.05, 3.63) is 21.3 Å². The number of carbonyl (C=O) groups is 1. The van der Waals surface area contributed by atoms with E-state index in [9.17, 15) is 4.79 Å². The van der Waals surface area contributed by atoms with Crippen LogP contribution in [0.15, 0.2) is 21.3 Å². The number of hydrogen-bond donors (Lipinski definition) is 2. The summed E-state index contributed by atoms with van der Waals surface area (Å²) in [5.41, 5.74) is 6.59. The number of anilines is 1. The van der Waals surface area contributed by atoms with Crippen LogP contribution >= 0.6 is 51.0 Å². The van der Waals surface area contributed by atoms with Crippen LogP contribution in [-0.4, -0.2) is 16.9 Å². The van der Waals surface area contributed by atoms with Gasteiger partial charge in [-0.2, -0.15) is 0 Å². The van der Waals surface area contributed by atoms with Crippen LogP contribution in [0.25, 0.3) is 10.6 Å². The Bertz CT molecular complexity index is 585. The van der Waals surface area contributed by atoms with Crippen LogP contribution in [0.2, 0.25) is 0 Å². The van der Waals surface area contributed by atoms with E-state index in [-0.39, 0.29) is 30.3 Å². The molecule has 0 radical (unpaired) electrons. The molecule has 110 valence electrons. The molecule has 0 bridgehead atoms. The highest BCUT2D eigenvalue weighted by atomic mass is 79.9. The quantitative estimate of drug-likeness (QED) is 0.821. The SMILES string of the molecule is CC(N)C(C)C(=O)Nc1nc(-c2cc(Br)cs2)cs1.Cl. The van der Waals surface area contributed by atoms with E-state index in [4.69, 9.17) is 5.73 Å². The standard InChI is InChI=1S/C12H14BrN3OS2.ClH/c1-6(7(2)14)11(17)16-12-15-9(5-19-12)10-3-8(13)4-18-10;/h3-7H,14H2,1-2H3,(H,15,16,17);1H. The van der Waals surface area contributed by atoms with E-state index in [0.29, 0.717) is 5.13 Å². The van der Waals surface area contributed by atoms with Gasteiger partial charge in [-0.15, -0.1) is 35.1 Å². The first kappa shape index (κ1) is 17.6. The molecule has 0 aliphatic carbocycles. The largest absolute Gasteiger partial charge is 0.327 e. The number of amides is 1. The monoisotopic (exact) mass is 395 g/mol. The van der Waals surface area contributed by atoms with E-state index >= 15 is 0 Å². The van der Waals surface area contributed by atoms with Gasteiger partial charge in [-0.25, -0.2) is 4.98 Å². The third-order valence-electron chi connectivity index (χ3n) is 2.76. The Morgan fingerprint density at radius 1 is 1.40 bits per heavy atom. The zero-order chi connectivity index (χ0) is 14.0. The molecule has 0 aliphatic rings. The van der Waals surface area contributed by atoms with Crippen molar-refractivity contribution in [3.8, 4) is 10.6 Å². The zero-order valence-electron chi connectivity index (χ0n) is 10.9. The molecule has 0 saturated carbocycles. The Balaban J connectivity index is 0.00000200. The molecule has 2 atom stereocenters. The lowest BCUT2D eigenvalue weighted by Crippen LogP contribution is -2.34. The number of hydrogen-bond acceptors (Lipinski definition) is 5. The molecule has 8 heteroatoms. The maximum Gasteiger partial charge on any atom is 0.230 e. The van der Waals surface area contributed by atoms with E-state index in [1.807, 2.05) is 30.7 Å². The minimum Gasteiger partial charge on any atom is -0.327 e. The van der Waals surface area contributed by atoms with Crippen LogP contribution in [-0.2, 0) is 4.79 Å². The molecule has 1 amide bonds. The normalized spacial score (nSPS) is 13.4. The number of halogens is 2. The Morgan fingerprint density at radius 3 is 2.65 bits per heavy atom. The van der Waals surface area contributed by atoms with E-state index in [1.54, 1.807) is 11.3 Å². The first-order valence-corrected chi connectivity index (χ1v) is 8.29. The fraction of sp³-hybridized carbons (Fsp3) is 0.333. The molecule has 0 saturated heterocycles. The highest BCUT2D eigenvalue weighted by molar-refractivity contribution is 9.10. The van der Waals surface area contributed by atoms with Crippen molar-refractivity contribution in [3.63, 3.8) is 0 Å². The second kappa shape index (κ2) is 7.51. The van der Waals surface area contributed by atoms with Gasteiger partial charge in [-0.1, -0.05) is 6.92 Å². The minimum absolute atomic E-state index is 0. The minimum atomic E-state index is -0.233. The molecule has 2 aromatic rings. The number of aromatic nitrogens is 1. The summed E-state index contributed by atoms with van der Waals surface area (Å²) in [6.45, 7) is 3.63. The Kier molecular flexibility index (Phi) is 6.60. The molecule has 2 rings (SSSR count). The second-order valence-corrected chi connectivity index (χ2v) is 6.99. The van der Waals surface area contributed by atoms with Gasteiger partial charge in [0.15, 0.2) is 5.13 Å². The molecule has 4 nitrogen and oxygen atoms in total. The molecule has 2 aromatic heterocycles. The number of carbonyl (C=O) groups excluding carboxylic acids is 1. The number of rotatable bonds is 4. The number of nitrogens with one attached hydrogen (secondary N) is 1.